The molecule has 0 unspecified atom stereocenters. The maximum atomic E-state index is 12.3. The van der Waals surface area contributed by atoms with Crippen LogP contribution in [0.5, 0.6) is 0 Å². The maximum Gasteiger partial charge on any atom is 0.255 e. The molecule has 0 aliphatic rings. The molecule has 1 heterocycles. The molecular weight excluding hydrogens is 248 g/mol. The first-order chi connectivity index (χ1) is 9.63. The summed E-state index contributed by atoms with van der Waals surface area (Å²) in [6, 6.07) is 13.7. The van der Waals surface area contributed by atoms with Crippen molar-refractivity contribution in [3.05, 3.63) is 65.4 Å². The molecular formula is C17H16N2O. The van der Waals surface area contributed by atoms with Crippen LogP contribution in [0.15, 0.2) is 48.7 Å². The number of fused-ring (bicyclic) bond motifs is 1. The van der Waals surface area contributed by atoms with Gasteiger partial charge < -0.3 is 10.3 Å². The molecule has 0 atom stereocenters. The predicted molar refractivity (Wildman–Crippen MR) is 82.2 cm³/mol. The van der Waals surface area contributed by atoms with Crippen molar-refractivity contribution in [2.24, 2.45) is 0 Å². The zero-order chi connectivity index (χ0) is 14.1. The molecule has 0 saturated heterocycles. The second-order valence-electron chi connectivity index (χ2n) is 5.05. The lowest BCUT2D eigenvalue weighted by atomic mass is 10.1. The molecule has 3 rings (SSSR count). The van der Waals surface area contributed by atoms with Gasteiger partial charge in [0.05, 0.1) is 0 Å². The van der Waals surface area contributed by atoms with Crippen molar-refractivity contribution < 1.29 is 4.79 Å². The third-order valence-corrected chi connectivity index (χ3v) is 3.46. The number of nitrogens with one attached hydrogen (secondary N) is 2. The molecule has 20 heavy (non-hydrogen) atoms. The Morgan fingerprint density at radius 3 is 2.75 bits per heavy atom. The molecule has 1 aromatic heterocycles. The van der Waals surface area contributed by atoms with Gasteiger partial charge in [0.25, 0.3) is 5.91 Å². The van der Waals surface area contributed by atoms with E-state index in [0.717, 1.165) is 27.7 Å². The highest BCUT2D eigenvalue weighted by Crippen LogP contribution is 2.19. The summed E-state index contributed by atoms with van der Waals surface area (Å²) in [4.78, 5) is 15.4. The van der Waals surface area contributed by atoms with Crippen LogP contribution in [0.25, 0.3) is 10.9 Å². The molecule has 0 fully saturated rings. The summed E-state index contributed by atoms with van der Waals surface area (Å²) in [5.41, 5.74) is 4.68. The van der Waals surface area contributed by atoms with E-state index in [-0.39, 0.29) is 5.91 Å². The van der Waals surface area contributed by atoms with Crippen molar-refractivity contribution in [3.63, 3.8) is 0 Å². The Balaban J connectivity index is 1.90. The van der Waals surface area contributed by atoms with Crippen molar-refractivity contribution in [3.8, 4) is 0 Å². The first-order valence-electron chi connectivity index (χ1n) is 6.59. The summed E-state index contributed by atoms with van der Waals surface area (Å²) >= 11 is 0. The van der Waals surface area contributed by atoms with Crippen molar-refractivity contribution >= 4 is 22.5 Å². The highest BCUT2D eigenvalue weighted by molar-refractivity contribution is 6.06. The normalized spacial score (nSPS) is 10.7. The average Bonchev–Trinajstić information content (AvgIpc) is 2.90. The van der Waals surface area contributed by atoms with Crippen molar-refractivity contribution in [1.29, 1.82) is 0 Å². The smallest absolute Gasteiger partial charge is 0.255 e. The Morgan fingerprint density at radius 2 is 1.90 bits per heavy atom. The molecule has 0 saturated carbocycles. The van der Waals surface area contributed by atoms with Crippen molar-refractivity contribution in [1.82, 2.24) is 4.98 Å². The van der Waals surface area contributed by atoms with Crippen LogP contribution < -0.4 is 5.32 Å². The number of rotatable bonds is 2. The molecule has 1 amide bonds. The fraction of sp³-hybridized carbons (Fsp3) is 0.118. The van der Waals surface area contributed by atoms with E-state index in [2.05, 4.69) is 10.3 Å². The molecule has 0 bridgehead atoms. The number of aromatic amines is 1. The number of H-pyrrole nitrogens is 1. The van der Waals surface area contributed by atoms with Crippen LogP contribution in [0.4, 0.5) is 5.69 Å². The first-order valence-corrected chi connectivity index (χ1v) is 6.59. The third-order valence-electron chi connectivity index (χ3n) is 3.46. The van der Waals surface area contributed by atoms with Crippen LogP contribution in [0.1, 0.15) is 21.5 Å². The number of benzene rings is 2. The Bertz CT molecular complexity index is 787. The van der Waals surface area contributed by atoms with Crippen molar-refractivity contribution in [2.75, 3.05) is 5.32 Å². The Hall–Kier alpha value is -2.55. The van der Waals surface area contributed by atoms with E-state index >= 15 is 0 Å². The fourth-order valence-corrected chi connectivity index (χ4v) is 2.25. The summed E-state index contributed by atoms with van der Waals surface area (Å²) in [7, 11) is 0. The van der Waals surface area contributed by atoms with E-state index in [9.17, 15) is 4.79 Å². The summed E-state index contributed by atoms with van der Waals surface area (Å²) in [5, 5.41) is 4.08. The largest absolute Gasteiger partial charge is 0.361 e. The third kappa shape index (κ3) is 2.30. The van der Waals surface area contributed by atoms with Gasteiger partial charge >= 0.3 is 0 Å². The molecule has 100 valence electrons. The molecule has 0 aliphatic carbocycles. The van der Waals surface area contributed by atoms with Gasteiger partial charge in [0, 0.05) is 23.0 Å². The van der Waals surface area contributed by atoms with Gasteiger partial charge in [0.15, 0.2) is 0 Å². The molecule has 2 aromatic carbocycles. The molecule has 0 aliphatic heterocycles. The Kier molecular flexibility index (Phi) is 3.03. The minimum Gasteiger partial charge on any atom is -0.361 e. The second-order valence-corrected chi connectivity index (χ2v) is 5.05. The number of aryl methyl sites for hydroxylation is 2. The summed E-state index contributed by atoms with van der Waals surface area (Å²) in [6.45, 7) is 4.00. The average molecular weight is 264 g/mol. The van der Waals surface area contributed by atoms with E-state index in [4.69, 9.17) is 0 Å². The van der Waals surface area contributed by atoms with E-state index in [0.29, 0.717) is 5.56 Å². The molecule has 3 heteroatoms. The summed E-state index contributed by atoms with van der Waals surface area (Å²) in [6.07, 6.45) is 1.87. The lowest BCUT2D eigenvalue weighted by molar-refractivity contribution is 0.102. The van der Waals surface area contributed by atoms with Crippen LogP contribution in [0.2, 0.25) is 0 Å². The van der Waals surface area contributed by atoms with Gasteiger partial charge in [-0.1, -0.05) is 18.2 Å². The molecule has 0 radical (unpaired) electrons. The summed E-state index contributed by atoms with van der Waals surface area (Å²) in [5.74, 6) is -0.0878. The lowest BCUT2D eigenvalue weighted by Gasteiger charge is -2.09. The van der Waals surface area contributed by atoms with Gasteiger partial charge in [0.2, 0.25) is 0 Å². The minimum atomic E-state index is -0.0878. The summed E-state index contributed by atoms with van der Waals surface area (Å²) < 4.78 is 0. The monoisotopic (exact) mass is 264 g/mol. The van der Waals surface area contributed by atoms with Crippen LogP contribution >= 0.6 is 0 Å². The van der Waals surface area contributed by atoms with Gasteiger partial charge in [-0.15, -0.1) is 0 Å². The molecule has 2 N–H and O–H groups in total. The van der Waals surface area contributed by atoms with E-state index in [1.54, 1.807) is 0 Å². The topological polar surface area (TPSA) is 44.9 Å². The Morgan fingerprint density at radius 1 is 1.05 bits per heavy atom. The zero-order valence-corrected chi connectivity index (χ0v) is 11.5. The lowest BCUT2D eigenvalue weighted by Crippen LogP contribution is -2.12. The molecule has 3 nitrogen and oxygen atoms in total. The number of aromatic nitrogens is 1. The van der Waals surface area contributed by atoms with Crippen LogP contribution in [-0.4, -0.2) is 10.9 Å². The van der Waals surface area contributed by atoms with Crippen molar-refractivity contribution in [2.45, 2.75) is 13.8 Å². The zero-order valence-electron chi connectivity index (χ0n) is 11.5. The predicted octanol–water partition coefficient (Wildman–Crippen LogP) is 4.04. The van der Waals surface area contributed by atoms with Gasteiger partial charge in [0.1, 0.15) is 0 Å². The highest BCUT2D eigenvalue weighted by Gasteiger charge is 2.09. The fourth-order valence-electron chi connectivity index (χ4n) is 2.25. The number of carbonyl (C=O) groups is 1. The molecule has 3 aromatic rings. The van der Waals surface area contributed by atoms with Crippen LogP contribution in [-0.2, 0) is 0 Å². The van der Waals surface area contributed by atoms with E-state index in [1.807, 2.05) is 62.5 Å². The van der Waals surface area contributed by atoms with E-state index in [1.165, 1.54) is 0 Å². The quantitative estimate of drug-likeness (QED) is 0.721. The van der Waals surface area contributed by atoms with Gasteiger partial charge in [-0.2, -0.15) is 0 Å². The minimum absolute atomic E-state index is 0.0878. The second kappa shape index (κ2) is 4.85. The highest BCUT2D eigenvalue weighted by atomic mass is 16.1. The maximum absolute atomic E-state index is 12.3. The van der Waals surface area contributed by atoms with Crippen LogP contribution in [0.3, 0.4) is 0 Å². The molecule has 0 spiro atoms. The van der Waals surface area contributed by atoms with Crippen LogP contribution in [0, 0.1) is 13.8 Å². The van der Waals surface area contributed by atoms with Gasteiger partial charge in [-0.05, 0) is 54.6 Å². The van der Waals surface area contributed by atoms with Gasteiger partial charge in [-0.25, -0.2) is 0 Å². The number of amides is 1. The standard InChI is InChI=1S/C17H16N2O/c1-11-3-4-12(2)15(9-11)19-17(20)14-6-5-13-7-8-18-16(13)10-14/h3-10,18H,1-2H3,(H,19,20). The SMILES string of the molecule is Cc1ccc(C)c(NC(=O)c2ccc3cc[nH]c3c2)c1. The first kappa shape index (κ1) is 12.5. The number of carbonyl (C=O) groups excluding carboxylic acids is 1. The Labute approximate surface area is 117 Å². The van der Waals surface area contributed by atoms with E-state index < -0.39 is 0 Å². The number of hydrogen-bond acceptors (Lipinski definition) is 1. The number of hydrogen-bond donors (Lipinski definition) is 2. The van der Waals surface area contributed by atoms with Gasteiger partial charge in [-0.3, -0.25) is 4.79 Å². The number of anilines is 1.